The zero-order valence-electron chi connectivity index (χ0n) is 20.0. The van der Waals surface area contributed by atoms with Crippen molar-refractivity contribution in [2.75, 3.05) is 50.2 Å². The summed E-state index contributed by atoms with van der Waals surface area (Å²) in [5.41, 5.74) is 1.40. The maximum Gasteiger partial charge on any atom is 0.264 e. The van der Waals surface area contributed by atoms with E-state index in [0.29, 0.717) is 31.0 Å². The molecule has 1 aliphatic heterocycles. The smallest absolute Gasteiger partial charge is 0.264 e. The molecule has 186 valence electrons. The van der Waals surface area contributed by atoms with E-state index in [1.165, 1.54) is 27.5 Å². The molecule has 2 heterocycles. The second kappa shape index (κ2) is 10.6. The minimum absolute atomic E-state index is 0.00710. The van der Waals surface area contributed by atoms with Gasteiger partial charge in [-0.25, -0.2) is 8.42 Å². The number of amides is 1. The van der Waals surface area contributed by atoms with Crippen molar-refractivity contribution < 1.29 is 22.8 Å². The molecule has 9 nitrogen and oxygen atoms in total. The summed E-state index contributed by atoms with van der Waals surface area (Å²) >= 11 is 0. The van der Waals surface area contributed by atoms with Crippen molar-refractivity contribution in [3.05, 3.63) is 70.0 Å². The average molecular weight is 500 g/mol. The molecule has 1 saturated heterocycles. The van der Waals surface area contributed by atoms with Gasteiger partial charge in [0.1, 0.15) is 18.7 Å². The van der Waals surface area contributed by atoms with Gasteiger partial charge in [0, 0.05) is 23.6 Å². The van der Waals surface area contributed by atoms with E-state index in [1.54, 1.807) is 31.2 Å². The zero-order valence-corrected chi connectivity index (χ0v) is 20.8. The Morgan fingerprint density at radius 2 is 1.94 bits per heavy atom. The van der Waals surface area contributed by atoms with Crippen LogP contribution in [0.1, 0.15) is 22.8 Å². The summed E-state index contributed by atoms with van der Waals surface area (Å²) in [6, 6.07) is 11.6. The van der Waals surface area contributed by atoms with Gasteiger partial charge in [0.15, 0.2) is 0 Å². The monoisotopic (exact) mass is 499 g/mol. The maximum absolute atomic E-state index is 13.5. The van der Waals surface area contributed by atoms with Crippen molar-refractivity contribution in [1.82, 2.24) is 10.3 Å². The number of hydrogen-bond donors (Lipinski definition) is 3. The molecule has 2 aromatic carbocycles. The normalized spacial score (nSPS) is 14.7. The van der Waals surface area contributed by atoms with E-state index in [1.807, 2.05) is 13.0 Å². The minimum atomic E-state index is -3.92. The van der Waals surface area contributed by atoms with Crippen LogP contribution >= 0.6 is 0 Å². The fourth-order valence-corrected chi connectivity index (χ4v) is 5.78. The van der Waals surface area contributed by atoms with Gasteiger partial charge in [-0.05, 0) is 49.7 Å². The van der Waals surface area contributed by atoms with E-state index in [2.05, 4.69) is 10.3 Å². The lowest BCUT2D eigenvalue weighted by molar-refractivity contribution is -0.906. The highest BCUT2D eigenvalue weighted by Gasteiger charge is 2.25. The van der Waals surface area contributed by atoms with Crippen molar-refractivity contribution in [3.8, 4) is 0 Å². The van der Waals surface area contributed by atoms with Crippen molar-refractivity contribution in [3.63, 3.8) is 0 Å². The number of sulfonamides is 1. The molecule has 4 rings (SSSR count). The number of hydrogen-bond acceptors (Lipinski definition) is 5. The predicted octanol–water partition coefficient (Wildman–Crippen LogP) is 0.697. The van der Waals surface area contributed by atoms with Gasteiger partial charge in [0.25, 0.3) is 15.9 Å². The van der Waals surface area contributed by atoms with Crippen LogP contribution in [-0.4, -0.2) is 65.2 Å². The third-order valence-corrected chi connectivity index (χ3v) is 8.12. The summed E-state index contributed by atoms with van der Waals surface area (Å²) in [6.45, 7) is 8.26. The Bertz CT molecular complexity index is 1380. The van der Waals surface area contributed by atoms with Crippen LogP contribution in [0.2, 0.25) is 0 Å². The first-order chi connectivity index (χ1) is 16.8. The van der Waals surface area contributed by atoms with Crippen molar-refractivity contribution in [1.29, 1.82) is 0 Å². The van der Waals surface area contributed by atoms with Crippen molar-refractivity contribution in [2.45, 2.75) is 18.7 Å². The fraction of sp³-hybridized carbons (Fsp3) is 0.360. The number of morpholine rings is 1. The van der Waals surface area contributed by atoms with Crippen LogP contribution in [0.15, 0.2) is 58.4 Å². The van der Waals surface area contributed by atoms with E-state index in [9.17, 15) is 18.0 Å². The minimum Gasteiger partial charge on any atom is -0.370 e. The summed E-state index contributed by atoms with van der Waals surface area (Å²) in [4.78, 5) is 30.2. The van der Waals surface area contributed by atoms with E-state index < -0.39 is 21.4 Å². The summed E-state index contributed by atoms with van der Waals surface area (Å²) in [5.74, 6) is -0.482. The number of rotatable bonds is 8. The molecule has 10 heteroatoms. The van der Waals surface area contributed by atoms with Gasteiger partial charge in [-0.1, -0.05) is 12.1 Å². The van der Waals surface area contributed by atoms with Gasteiger partial charge in [-0.3, -0.25) is 13.9 Å². The number of anilines is 1. The van der Waals surface area contributed by atoms with Gasteiger partial charge >= 0.3 is 0 Å². The first kappa shape index (κ1) is 24.9. The topological polar surface area (TPSA) is 113 Å². The molecule has 0 unspecified atom stereocenters. The Hall–Kier alpha value is -3.21. The van der Waals surface area contributed by atoms with Crippen LogP contribution in [0, 0.1) is 6.92 Å². The van der Waals surface area contributed by atoms with Crippen LogP contribution in [0.5, 0.6) is 0 Å². The molecule has 1 amide bonds. The highest BCUT2D eigenvalue weighted by atomic mass is 32.2. The van der Waals surface area contributed by atoms with Crippen LogP contribution in [-0.2, 0) is 14.8 Å². The molecule has 0 atom stereocenters. The summed E-state index contributed by atoms with van der Waals surface area (Å²) in [6.07, 6.45) is 1.38. The lowest BCUT2D eigenvalue weighted by atomic mass is 10.1. The number of nitrogens with one attached hydrogen (secondary N) is 3. The van der Waals surface area contributed by atoms with E-state index >= 15 is 0 Å². The van der Waals surface area contributed by atoms with Gasteiger partial charge in [0.05, 0.1) is 36.9 Å². The number of carbonyl (C=O) groups excluding carboxylic acids is 1. The summed E-state index contributed by atoms with van der Waals surface area (Å²) < 4.78 is 33.6. The molecule has 1 aliphatic rings. The molecule has 35 heavy (non-hydrogen) atoms. The number of aryl methyl sites for hydroxylation is 1. The van der Waals surface area contributed by atoms with Gasteiger partial charge < -0.3 is 19.9 Å². The number of pyridine rings is 1. The highest BCUT2D eigenvalue weighted by Crippen LogP contribution is 2.25. The number of carbonyl (C=O) groups is 1. The quantitative estimate of drug-likeness (QED) is 0.422. The van der Waals surface area contributed by atoms with Gasteiger partial charge in [-0.2, -0.15) is 0 Å². The summed E-state index contributed by atoms with van der Waals surface area (Å²) in [5, 5.41) is 2.95. The SMILES string of the molecule is CCN(c1cccc(C)c1)S(=O)(=O)c1ccc2[nH]cc(C(=O)NCC[NH+]3CCOCC3)c(=O)c2c1. The molecule has 0 aliphatic carbocycles. The molecule has 1 fully saturated rings. The third-order valence-electron chi connectivity index (χ3n) is 6.23. The molecular weight excluding hydrogens is 468 g/mol. The molecule has 0 bridgehead atoms. The maximum atomic E-state index is 13.5. The van der Waals surface area contributed by atoms with E-state index in [4.69, 9.17) is 4.74 Å². The molecule has 1 aromatic heterocycles. The Balaban J connectivity index is 1.59. The second-order valence-electron chi connectivity index (χ2n) is 8.62. The van der Waals surface area contributed by atoms with Gasteiger partial charge in [0.2, 0.25) is 5.43 Å². The van der Waals surface area contributed by atoms with Crippen molar-refractivity contribution in [2.24, 2.45) is 0 Å². The number of ether oxygens (including phenoxy) is 1. The largest absolute Gasteiger partial charge is 0.370 e. The van der Waals surface area contributed by atoms with E-state index in [-0.39, 0.29) is 22.4 Å². The Kier molecular flexibility index (Phi) is 7.54. The molecule has 0 saturated carbocycles. The second-order valence-corrected chi connectivity index (χ2v) is 10.5. The lowest BCUT2D eigenvalue weighted by Gasteiger charge is -2.23. The van der Waals surface area contributed by atoms with Crippen LogP contribution < -0.4 is 20.0 Å². The zero-order chi connectivity index (χ0) is 25.0. The number of aromatic nitrogens is 1. The number of aromatic amines is 1. The highest BCUT2D eigenvalue weighted by molar-refractivity contribution is 7.92. The number of fused-ring (bicyclic) bond motifs is 1. The van der Waals surface area contributed by atoms with E-state index in [0.717, 1.165) is 25.2 Å². The first-order valence-corrected chi connectivity index (χ1v) is 13.2. The molecule has 3 aromatic rings. The van der Waals surface area contributed by atoms with Gasteiger partial charge in [-0.15, -0.1) is 0 Å². The fourth-order valence-electron chi connectivity index (χ4n) is 4.29. The number of benzene rings is 2. The predicted molar refractivity (Wildman–Crippen MR) is 135 cm³/mol. The first-order valence-electron chi connectivity index (χ1n) is 11.8. The standard InChI is InChI=1S/C25H30N4O5S/c1-3-29(19-6-4-5-18(2)15-19)35(32,33)20-7-8-23-21(16-20)24(30)22(17-27-23)25(31)26-9-10-28-11-13-34-14-12-28/h4-8,15-17H,3,9-14H2,1-2H3,(H,26,31)(H,27,30)/p+1. The molecule has 0 spiro atoms. The van der Waals surface area contributed by atoms with Crippen molar-refractivity contribution >= 4 is 32.5 Å². The number of quaternary nitrogens is 1. The molecule has 0 radical (unpaired) electrons. The third kappa shape index (κ3) is 5.39. The van der Waals surface area contributed by atoms with Crippen LogP contribution in [0.3, 0.4) is 0 Å². The lowest BCUT2D eigenvalue weighted by Crippen LogP contribution is -3.14. The van der Waals surface area contributed by atoms with Crippen LogP contribution in [0.4, 0.5) is 5.69 Å². The number of nitrogens with zero attached hydrogens (tertiary/aromatic N) is 1. The number of H-pyrrole nitrogens is 1. The average Bonchev–Trinajstić information content (AvgIpc) is 2.85. The Labute approximate surface area is 204 Å². The van der Waals surface area contributed by atoms with Crippen LogP contribution in [0.25, 0.3) is 10.9 Å². The molecule has 3 N–H and O–H groups in total. The molecular formula is C25H31N4O5S+. The Morgan fingerprint density at radius 1 is 1.17 bits per heavy atom. The Morgan fingerprint density at radius 3 is 2.66 bits per heavy atom. The summed E-state index contributed by atoms with van der Waals surface area (Å²) in [7, 11) is -3.92.